The van der Waals surface area contributed by atoms with Crippen LogP contribution in [0.4, 0.5) is 18.0 Å². The lowest BCUT2D eigenvalue weighted by atomic mass is 9.85. The molecule has 2 aliphatic rings. The quantitative estimate of drug-likeness (QED) is 0.484. The number of cyclic esters (lactones) is 1. The maximum atomic E-state index is 12.5. The number of nitrogens with two attached hydrogens (primary N) is 1. The van der Waals surface area contributed by atoms with Crippen LogP contribution in [0, 0.1) is 11.8 Å². The number of carboxylic acid groups (broad SMARTS) is 1. The first-order valence-electron chi connectivity index (χ1n) is 9.74. The third-order valence-electron chi connectivity index (χ3n) is 5.29. The molecule has 0 radical (unpaired) electrons. The van der Waals surface area contributed by atoms with Crippen molar-refractivity contribution in [2.75, 3.05) is 26.2 Å². The van der Waals surface area contributed by atoms with Gasteiger partial charge in [0.25, 0.3) is 0 Å². The molecule has 5 N–H and O–H groups in total. The number of piperidine rings is 1. The number of carbonyl (C=O) groups excluding carboxylic acids is 2. The molecular formula is C19H22Cl2F3N3O6. The molecule has 0 spiro atoms. The van der Waals surface area contributed by atoms with E-state index in [0.717, 1.165) is 0 Å². The number of carbonyl (C=O) groups is 3. The van der Waals surface area contributed by atoms with Crippen LogP contribution < -0.4 is 11.1 Å². The Morgan fingerprint density at radius 2 is 1.76 bits per heavy atom. The molecule has 2 atom stereocenters. The third-order valence-corrected chi connectivity index (χ3v) is 6.01. The smallest absolute Gasteiger partial charge is 0.490 e. The molecule has 9 nitrogen and oxygen atoms in total. The summed E-state index contributed by atoms with van der Waals surface area (Å²) in [7, 11) is 0. The standard InChI is InChI=1S/C17H21Cl2N3O4.C2HF3O2/c18-12-5-11(14(23)6-13(12)19)15(20)9-1-3-22(4-2-9)16(24)10-7-21-17(25)26-8-10;3-2(4,5)1(6)7/h5-6,9-10,15,23H,1-4,7-8,20H2,(H,21,25);(H,6,7). The van der Waals surface area contributed by atoms with Gasteiger partial charge in [0, 0.05) is 37.3 Å². The molecule has 1 aromatic rings. The average molecular weight is 516 g/mol. The van der Waals surface area contributed by atoms with Gasteiger partial charge < -0.3 is 30.9 Å². The molecule has 0 aromatic heterocycles. The first-order chi connectivity index (χ1) is 15.3. The molecule has 33 heavy (non-hydrogen) atoms. The number of aromatic hydroxyl groups is 1. The van der Waals surface area contributed by atoms with Gasteiger partial charge in [0.2, 0.25) is 5.91 Å². The predicted octanol–water partition coefficient (Wildman–Crippen LogP) is 2.93. The number of carboxylic acids is 1. The normalized spacial score (nSPS) is 20.1. The highest BCUT2D eigenvalue weighted by atomic mass is 35.5. The number of hydrogen-bond donors (Lipinski definition) is 4. The van der Waals surface area contributed by atoms with Crippen molar-refractivity contribution in [3.8, 4) is 5.75 Å². The van der Waals surface area contributed by atoms with Gasteiger partial charge in [-0.25, -0.2) is 9.59 Å². The first-order valence-corrected chi connectivity index (χ1v) is 10.5. The van der Waals surface area contributed by atoms with E-state index in [9.17, 15) is 27.9 Å². The number of benzene rings is 1. The largest absolute Gasteiger partial charge is 0.508 e. The highest BCUT2D eigenvalue weighted by Crippen LogP contribution is 2.37. The fraction of sp³-hybridized carbons (Fsp3) is 0.526. The van der Waals surface area contributed by atoms with E-state index in [-0.39, 0.29) is 41.2 Å². The topological polar surface area (TPSA) is 142 Å². The van der Waals surface area contributed by atoms with Crippen LogP contribution in [-0.4, -0.2) is 65.5 Å². The van der Waals surface area contributed by atoms with Gasteiger partial charge in [-0.2, -0.15) is 13.2 Å². The monoisotopic (exact) mass is 515 g/mol. The van der Waals surface area contributed by atoms with Gasteiger partial charge in [0.1, 0.15) is 12.4 Å². The molecule has 2 fully saturated rings. The maximum Gasteiger partial charge on any atom is 0.490 e. The number of amides is 2. The van der Waals surface area contributed by atoms with Gasteiger partial charge in [0.05, 0.1) is 16.0 Å². The van der Waals surface area contributed by atoms with Gasteiger partial charge in [0.15, 0.2) is 0 Å². The summed E-state index contributed by atoms with van der Waals surface area (Å²) in [6, 6.07) is 2.61. The molecule has 0 aliphatic carbocycles. The number of phenols is 1. The zero-order valence-corrected chi connectivity index (χ0v) is 18.6. The molecule has 3 rings (SSSR count). The van der Waals surface area contributed by atoms with E-state index in [1.165, 1.54) is 6.07 Å². The van der Waals surface area contributed by atoms with Crippen LogP contribution in [0.5, 0.6) is 5.75 Å². The number of phenolic OH excluding ortho intramolecular Hbond substituents is 1. The summed E-state index contributed by atoms with van der Waals surface area (Å²) in [5.41, 5.74) is 6.90. The number of halogens is 5. The Morgan fingerprint density at radius 3 is 2.24 bits per heavy atom. The van der Waals surface area contributed by atoms with Crippen LogP contribution in [0.3, 0.4) is 0 Å². The van der Waals surface area contributed by atoms with Crippen molar-refractivity contribution < 1.29 is 42.5 Å². The Balaban J connectivity index is 0.000000479. The lowest BCUT2D eigenvalue weighted by Gasteiger charge is -2.37. The molecule has 2 aliphatic heterocycles. The van der Waals surface area contributed by atoms with Crippen LogP contribution in [0.15, 0.2) is 12.1 Å². The number of alkyl carbamates (subject to hydrolysis) is 1. The Bertz CT molecular complexity index is 884. The average Bonchev–Trinajstić information content (AvgIpc) is 2.76. The van der Waals surface area contributed by atoms with Crippen LogP contribution in [0.1, 0.15) is 24.4 Å². The van der Waals surface area contributed by atoms with Crippen LogP contribution in [0.25, 0.3) is 0 Å². The summed E-state index contributed by atoms with van der Waals surface area (Å²) in [6.45, 7) is 1.56. The fourth-order valence-corrected chi connectivity index (χ4v) is 3.79. The van der Waals surface area contributed by atoms with Crippen LogP contribution in [0.2, 0.25) is 10.0 Å². The van der Waals surface area contributed by atoms with Crippen molar-refractivity contribution in [1.82, 2.24) is 10.2 Å². The number of ether oxygens (including phenoxy) is 1. The molecule has 2 saturated heterocycles. The number of nitrogens with one attached hydrogen (secondary N) is 1. The Labute approximate surface area is 196 Å². The summed E-state index contributed by atoms with van der Waals surface area (Å²) < 4.78 is 36.6. The Kier molecular flexibility index (Phi) is 9.04. The van der Waals surface area contributed by atoms with Crippen LogP contribution in [-0.2, 0) is 14.3 Å². The highest BCUT2D eigenvalue weighted by molar-refractivity contribution is 6.42. The molecule has 2 heterocycles. The minimum absolute atomic E-state index is 0.0191. The summed E-state index contributed by atoms with van der Waals surface area (Å²) in [4.78, 5) is 34.2. The molecule has 14 heteroatoms. The van der Waals surface area contributed by atoms with Crippen molar-refractivity contribution in [3.05, 3.63) is 27.7 Å². The molecule has 2 amide bonds. The molecule has 0 saturated carbocycles. The second kappa shape index (κ2) is 11.1. The SMILES string of the molecule is NC(c1cc(Cl)c(Cl)cc1O)C1CCN(C(=O)C2CNC(=O)OC2)CC1.O=C(O)C(F)(F)F. The van der Waals surface area contributed by atoms with E-state index in [1.807, 2.05) is 0 Å². The summed E-state index contributed by atoms with van der Waals surface area (Å²) in [6.07, 6.45) is -4.14. The second-order valence-corrected chi connectivity index (χ2v) is 8.31. The second-order valence-electron chi connectivity index (χ2n) is 7.49. The summed E-state index contributed by atoms with van der Waals surface area (Å²) in [5, 5.41) is 20.4. The molecule has 2 unspecified atom stereocenters. The lowest BCUT2D eigenvalue weighted by Crippen LogP contribution is -2.50. The van der Waals surface area contributed by atoms with E-state index in [0.29, 0.717) is 43.1 Å². The summed E-state index contributed by atoms with van der Waals surface area (Å²) >= 11 is 11.9. The zero-order valence-electron chi connectivity index (χ0n) is 17.1. The molecule has 1 aromatic carbocycles. The number of aliphatic carboxylic acids is 1. The van der Waals surface area contributed by atoms with E-state index in [2.05, 4.69) is 5.32 Å². The Hall–Kier alpha value is -2.44. The van der Waals surface area contributed by atoms with E-state index in [4.69, 9.17) is 43.6 Å². The van der Waals surface area contributed by atoms with Gasteiger partial charge in [-0.3, -0.25) is 4.79 Å². The van der Waals surface area contributed by atoms with Gasteiger partial charge in [-0.15, -0.1) is 0 Å². The van der Waals surface area contributed by atoms with Crippen molar-refractivity contribution >= 4 is 41.2 Å². The zero-order chi connectivity index (χ0) is 24.9. The molecule has 184 valence electrons. The predicted molar refractivity (Wildman–Crippen MR) is 111 cm³/mol. The van der Waals surface area contributed by atoms with Crippen molar-refractivity contribution in [2.24, 2.45) is 17.6 Å². The number of alkyl halides is 3. The van der Waals surface area contributed by atoms with E-state index >= 15 is 0 Å². The van der Waals surface area contributed by atoms with Gasteiger partial charge in [-0.1, -0.05) is 23.2 Å². The van der Waals surface area contributed by atoms with E-state index < -0.39 is 18.2 Å². The van der Waals surface area contributed by atoms with E-state index in [1.54, 1.807) is 11.0 Å². The molecular weight excluding hydrogens is 494 g/mol. The fourth-order valence-electron chi connectivity index (χ4n) is 3.46. The van der Waals surface area contributed by atoms with Crippen molar-refractivity contribution in [1.29, 1.82) is 0 Å². The maximum absolute atomic E-state index is 12.5. The van der Waals surface area contributed by atoms with Crippen LogP contribution >= 0.6 is 23.2 Å². The third kappa shape index (κ3) is 7.27. The number of likely N-dealkylation sites (tertiary alicyclic amines) is 1. The Morgan fingerprint density at radius 1 is 1.21 bits per heavy atom. The van der Waals surface area contributed by atoms with Crippen molar-refractivity contribution in [3.63, 3.8) is 0 Å². The number of hydrogen-bond acceptors (Lipinski definition) is 6. The highest BCUT2D eigenvalue weighted by Gasteiger charge is 2.38. The summed E-state index contributed by atoms with van der Waals surface area (Å²) in [5.74, 6) is -2.98. The first kappa shape index (κ1) is 26.8. The van der Waals surface area contributed by atoms with Gasteiger partial charge >= 0.3 is 18.2 Å². The van der Waals surface area contributed by atoms with Gasteiger partial charge in [-0.05, 0) is 24.8 Å². The number of rotatable bonds is 3. The number of nitrogens with zero attached hydrogens (tertiary/aromatic N) is 1. The van der Waals surface area contributed by atoms with Crippen molar-refractivity contribution in [2.45, 2.75) is 25.1 Å². The lowest BCUT2D eigenvalue weighted by molar-refractivity contribution is -0.192. The minimum atomic E-state index is -5.08. The minimum Gasteiger partial charge on any atom is -0.508 e. The molecule has 0 bridgehead atoms.